The van der Waals surface area contributed by atoms with E-state index in [4.69, 9.17) is 10.5 Å². The second kappa shape index (κ2) is 8.17. The summed E-state index contributed by atoms with van der Waals surface area (Å²) in [6.07, 6.45) is 0.835. The van der Waals surface area contributed by atoms with Crippen LogP contribution in [0.1, 0.15) is 31.9 Å². The Labute approximate surface area is 150 Å². The van der Waals surface area contributed by atoms with E-state index >= 15 is 0 Å². The van der Waals surface area contributed by atoms with Gasteiger partial charge in [0.1, 0.15) is 5.60 Å². The molecule has 0 unspecified atom stereocenters. The van der Waals surface area contributed by atoms with Crippen LogP contribution in [0.5, 0.6) is 0 Å². The normalized spacial score (nSPS) is 11.8. The molecular formula is C21H28N2O2. The second-order valence-electron chi connectivity index (χ2n) is 7.44. The number of alkyl carbamates (subject to hydrolysis) is 1. The van der Waals surface area contributed by atoms with Crippen molar-refractivity contribution in [2.45, 2.75) is 44.8 Å². The maximum atomic E-state index is 12.4. The minimum absolute atomic E-state index is 0.316. The number of nitrogens with one attached hydrogen (secondary N) is 1. The number of carbonyl (C=O) groups excluding carboxylic acids is 1. The molecule has 25 heavy (non-hydrogen) atoms. The number of carbonyl (C=O) groups is 1. The third-order valence-electron chi connectivity index (χ3n) is 3.93. The lowest BCUT2D eigenvalue weighted by atomic mass is 9.84. The summed E-state index contributed by atoms with van der Waals surface area (Å²) in [5.41, 5.74) is 7.24. The standard InChI is InChI=1S/C21H28N2O2/c1-20(2,3)25-19(24)23-21(16-22,14-17-10-6-4-7-11-17)15-18-12-8-5-9-13-18/h4-13H,14-16,22H2,1-3H3,(H,23,24). The molecule has 0 aromatic heterocycles. The van der Waals surface area contributed by atoms with Crippen molar-refractivity contribution in [3.63, 3.8) is 0 Å². The Kier molecular flexibility index (Phi) is 6.21. The van der Waals surface area contributed by atoms with E-state index in [-0.39, 0.29) is 0 Å². The van der Waals surface area contributed by atoms with Crippen LogP contribution in [0.4, 0.5) is 4.79 Å². The maximum Gasteiger partial charge on any atom is 0.408 e. The van der Waals surface area contributed by atoms with E-state index in [9.17, 15) is 4.79 Å². The molecule has 3 N–H and O–H groups in total. The van der Waals surface area contributed by atoms with E-state index in [0.717, 1.165) is 11.1 Å². The number of hydrogen-bond acceptors (Lipinski definition) is 3. The Morgan fingerprint density at radius 1 is 0.920 bits per heavy atom. The number of nitrogens with two attached hydrogens (primary N) is 1. The molecule has 134 valence electrons. The fourth-order valence-corrected chi connectivity index (χ4v) is 2.84. The third-order valence-corrected chi connectivity index (χ3v) is 3.93. The van der Waals surface area contributed by atoms with Crippen molar-refractivity contribution in [3.8, 4) is 0 Å². The van der Waals surface area contributed by atoms with E-state index in [2.05, 4.69) is 5.32 Å². The van der Waals surface area contributed by atoms with Gasteiger partial charge >= 0.3 is 6.09 Å². The highest BCUT2D eigenvalue weighted by Gasteiger charge is 2.33. The predicted octanol–water partition coefficient (Wildman–Crippen LogP) is 3.69. The van der Waals surface area contributed by atoms with Gasteiger partial charge in [-0.15, -0.1) is 0 Å². The lowest BCUT2D eigenvalue weighted by Gasteiger charge is -2.35. The molecule has 0 fully saturated rings. The van der Waals surface area contributed by atoms with Crippen molar-refractivity contribution in [3.05, 3.63) is 71.8 Å². The predicted molar refractivity (Wildman–Crippen MR) is 101 cm³/mol. The monoisotopic (exact) mass is 340 g/mol. The number of hydrogen-bond donors (Lipinski definition) is 2. The van der Waals surface area contributed by atoms with Crippen LogP contribution in [-0.4, -0.2) is 23.8 Å². The molecular weight excluding hydrogens is 312 g/mol. The molecule has 0 heterocycles. The Hall–Kier alpha value is -2.33. The first-order chi connectivity index (χ1) is 11.8. The lowest BCUT2D eigenvalue weighted by molar-refractivity contribution is 0.0457. The van der Waals surface area contributed by atoms with Crippen molar-refractivity contribution < 1.29 is 9.53 Å². The highest BCUT2D eigenvalue weighted by molar-refractivity contribution is 5.69. The van der Waals surface area contributed by atoms with Gasteiger partial charge in [-0.1, -0.05) is 60.7 Å². The number of benzene rings is 2. The smallest absolute Gasteiger partial charge is 0.408 e. The van der Waals surface area contributed by atoms with Gasteiger partial charge in [-0.25, -0.2) is 4.79 Å². The molecule has 0 saturated heterocycles. The third kappa shape index (κ3) is 6.24. The molecule has 1 amide bonds. The van der Waals surface area contributed by atoms with Crippen molar-refractivity contribution >= 4 is 6.09 Å². The van der Waals surface area contributed by atoms with Gasteiger partial charge in [0.2, 0.25) is 0 Å². The molecule has 4 heteroatoms. The fraction of sp³-hybridized carbons (Fsp3) is 0.381. The Morgan fingerprint density at radius 2 is 1.36 bits per heavy atom. The quantitative estimate of drug-likeness (QED) is 0.843. The minimum Gasteiger partial charge on any atom is -0.444 e. The molecule has 0 saturated carbocycles. The maximum absolute atomic E-state index is 12.4. The van der Waals surface area contributed by atoms with Crippen molar-refractivity contribution in [1.29, 1.82) is 0 Å². The SMILES string of the molecule is CC(C)(C)OC(=O)NC(CN)(Cc1ccccc1)Cc1ccccc1. The topological polar surface area (TPSA) is 64.3 Å². The highest BCUT2D eigenvalue weighted by Crippen LogP contribution is 2.20. The molecule has 0 radical (unpaired) electrons. The first kappa shape index (κ1) is 19.0. The summed E-state index contributed by atoms with van der Waals surface area (Å²) in [7, 11) is 0. The first-order valence-corrected chi connectivity index (χ1v) is 8.61. The number of ether oxygens (including phenoxy) is 1. The zero-order valence-corrected chi connectivity index (χ0v) is 15.3. The van der Waals surface area contributed by atoms with Gasteiger partial charge in [0, 0.05) is 6.54 Å². The summed E-state index contributed by atoms with van der Waals surface area (Å²) in [4.78, 5) is 12.4. The minimum atomic E-state index is -0.606. The van der Waals surface area contributed by atoms with Gasteiger partial charge in [0.15, 0.2) is 0 Å². The van der Waals surface area contributed by atoms with Gasteiger partial charge in [-0.3, -0.25) is 0 Å². The van der Waals surface area contributed by atoms with Crippen LogP contribution in [0.3, 0.4) is 0 Å². The summed E-state index contributed by atoms with van der Waals surface area (Å²) in [5, 5.41) is 3.05. The van der Waals surface area contributed by atoms with Crippen LogP contribution in [-0.2, 0) is 17.6 Å². The van der Waals surface area contributed by atoms with Gasteiger partial charge in [-0.05, 0) is 44.7 Å². The largest absolute Gasteiger partial charge is 0.444 e. The molecule has 2 aromatic rings. The molecule has 0 spiro atoms. The molecule has 0 bridgehead atoms. The lowest BCUT2D eigenvalue weighted by Crippen LogP contribution is -2.57. The summed E-state index contributed by atoms with van der Waals surface area (Å²) in [6, 6.07) is 20.1. The number of rotatable bonds is 6. The van der Waals surface area contributed by atoms with Crippen molar-refractivity contribution in [2.24, 2.45) is 5.73 Å². The molecule has 2 aromatic carbocycles. The average Bonchev–Trinajstić information content (AvgIpc) is 2.54. The van der Waals surface area contributed by atoms with Crippen molar-refractivity contribution in [1.82, 2.24) is 5.32 Å². The Morgan fingerprint density at radius 3 is 1.72 bits per heavy atom. The Balaban J connectivity index is 2.26. The average molecular weight is 340 g/mol. The summed E-state index contributed by atoms with van der Waals surface area (Å²) >= 11 is 0. The van der Waals surface area contributed by atoms with E-state index in [1.54, 1.807) is 0 Å². The van der Waals surface area contributed by atoms with Crippen LogP contribution < -0.4 is 11.1 Å². The molecule has 0 aliphatic heterocycles. The van der Waals surface area contributed by atoms with Crippen LogP contribution in [0.15, 0.2) is 60.7 Å². The Bertz CT molecular complexity index is 622. The van der Waals surface area contributed by atoms with Crippen molar-refractivity contribution in [2.75, 3.05) is 6.54 Å². The second-order valence-corrected chi connectivity index (χ2v) is 7.44. The van der Waals surface area contributed by atoms with E-state index in [1.165, 1.54) is 0 Å². The van der Waals surface area contributed by atoms with Gasteiger partial charge < -0.3 is 15.8 Å². The molecule has 4 nitrogen and oxygen atoms in total. The van der Waals surface area contributed by atoms with Gasteiger partial charge in [0.05, 0.1) is 5.54 Å². The van der Waals surface area contributed by atoms with Crippen LogP contribution >= 0.6 is 0 Å². The van der Waals surface area contributed by atoms with Gasteiger partial charge in [-0.2, -0.15) is 0 Å². The number of amides is 1. The first-order valence-electron chi connectivity index (χ1n) is 8.61. The van der Waals surface area contributed by atoms with E-state index in [1.807, 2.05) is 81.4 Å². The molecule has 2 rings (SSSR count). The zero-order chi connectivity index (χ0) is 18.3. The summed E-state index contributed by atoms with van der Waals surface area (Å²) < 4.78 is 5.46. The molecule has 0 aliphatic carbocycles. The summed E-state index contributed by atoms with van der Waals surface area (Å²) in [6.45, 7) is 5.87. The van der Waals surface area contributed by atoms with Crippen LogP contribution in [0.25, 0.3) is 0 Å². The fourth-order valence-electron chi connectivity index (χ4n) is 2.84. The van der Waals surface area contributed by atoms with Gasteiger partial charge in [0.25, 0.3) is 0 Å². The summed E-state index contributed by atoms with van der Waals surface area (Å²) in [5.74, 6) is 0. The highest BCUT2D eigenvalue weighted by atomic mass is 16.6. The van der Waals surface area contributed by atoms with Crippen LogP contribution in [0.2, 0.25) is 0 Å². The zero-order valence-electron chi connectivity index (χ0n) is 15.3. The van der Waals surface area contributed by atoms with Crippen LogP contribution in [0, 0.1) is 0 Å². The van der Waals surface area contributed by atoms with E-state index < -0.39 is 17.2 Å². The van der Waals surface area contributed by atoms with E-state index in [0.29, 0.717) is 19.4 Å². The molecule has 0 atom stereocenters. The molecule has 0 aliphatic rings.